The Morgan fingerprint density at radius 1 is 1.27 bits per heavy atom. The van der Waals surface area contributed by atoms with Gasteiger partial charge in [0.15, 0.2) is 0 Å². The summed E-state index contributed by atoms with van der Waals surface area (Å²) in [4.78, 5) is 0. The molecule has 1 saturated carbocycles. The van der Waals surface area contributed by atoms with Crippen LogP contribution in [0.15, 0.2) is 18.2 Å². The first-order valence-electron chi connectivity index (χ1n) is 5.49. The predicted octanol–water partition coefficient (Wildman–Crippen LogP) is 3.53. The molecule has 0 heterocycles. The molecule has 1 atom stereocenters. The number of aryl methyl sites for hydroxylation is 2. The summed E-state index contributed by atoms with van der Waals surface area (Å²) in [6.45, 7) is 4.30. The molecule has 0 unspecified atom stereocenters. The second kappa shape index (κ2) is 5.00. The molecule has 0 amide bonds. The minimum atomic E-state index is 0. The second-order valence-electron chi connectivity index (χ2n) is 4.63. The van der Waals surface area contributed by atoms with E-state index in [-0.39, 0.29) is 18.4 Å². The molecule has 0 bridgehead atoms. The van der Waals surface area contributed by atoms with E-state index >= 15 is 0 Å². The normalized spacial score (nSPS) is 17.0. The van der Waals surface area contributed by atoms with Crippen LogP contribution in [0.2, 0.25) is 0 Å². The van der Waals surface area contributed by atoms with Crippen molar-refractivity contribution in [1.82, 2.24) is 0 Å². The predicted molar refractivity (Wildman–Crippen MR) is 67.4 cm³/mol. The minimum absolute atomic E-state index is 0. The average Bonchev–Trinajstić information content (AvgIpc) is 2.93. The first-order valence-corrected chi connectivity index (χ1v) is 5.49. The Bertz CT molecular complexity index is 331. The Morgan fingerprint density at radius 2 is 1.93 bits per heavy atom. The third-order valence-electron chi connectivity index (χ3n) is 3.24. The van der Waals surface area contributed by atoms with Gasteiger partial charge in [0, 0.05) is 6.04 Å². The van der Waals surface area contributed by atoms with Gasteiger partial charge in [0.2, 0.25) is 0 Å². The number of halogens is 1. The van der Waals surface area contributed by atoms with Crippen LogP contribution in [0.1, 0.15) is 42.0 Å². The SMILES string of the molecule is Cc1ccc([C@H](N)CC2CC2)cc1C.Cl. The Kier molecular flexibility index (Phi) is 4.18. The average molecular weight is 226 g/mol. The number of nitrogens with two attached hydrogens (primary N) is 1. The molecule has 1 aliphatic carbocycles. The summed E-state index contributed by atoms with van der Waals surface area (Å²) >= 11 is 0. The fourth-order valence-electron chi connectivity index (χ4n) is 1.84. The highest BCUT2D eigenvalue weighted by Crippen LogP contribution is 2.36. The van der Waals surface area contributed by atoms with Crippen molar-refractivity contribution in [1.29, 1.82) is 0 Å². The molecule has 15 heavy (non-hydrogen) atoms. The van der Waals surface area contributed by atoms with Crippen LogP contribution < -0.4 is 5.73 Å². The van der Waals surface area contributed by atoms with Crippen LogP contribution in [0.4, 0.5) is 0 Å². The third kappa shape index (κ3) is 3.22. The van der Waals surface area contributed by atoms with E-state index in [0.717, 1.165) is 5.92 Å². The molecule has 2 N–H and O–H groups in total. The molecule has 2 heteroatoms. The summed E-state index contributed by atoms with van der Waals surface area (Å²) in [5.74, 6) is 0.909. The van der Waals surface area contributed by atoms with Gasteiger partial charge in [-0.15, -0.1) is 12.4 Å². The van der Waals surface area contributed by atoms with E-state index in [9.17, 15) is 0 Å². The molecule has 1 aromatic carbocycles. The third-order valence-corrected chi connectivity index (χ3v) is 3.24. The highest BCUT2D eigenvalue weighted by atomic mass is 35.5. The smallest absolute Gasteiger partial charge is 0.0297 e. The lowest BCUT2D eigenvalue weighted by molar-refractivity contribution is 0.596. The lowest BCUT2D eigenvalue weighted by atomic mass is 9.98. The Hall–Kier alpha value is -0.530. The molecule has 1 aliphatic rings. The van der Waals surface area contributed by atoms with Crippen LogP contribution in [0, 0.1) is 19.8 Å². The van der Waals surface area contributed by atoms with E-state index < -0.39 is 0 Å². The van der Waals surface area contributed by atoms with E-state index in [1.807, 2.05) is 0 Å². The molecule has 0 aromatic heterocycles. The zero-order chi connectivity index (χ0) is 10.1. The van der Waals surface area contributed by atoms with Crippen LogP contribution in [-0.2, 0) is 0 Å². The summed E-state index contributed by atoms with van der Waals surface area (Å²) in [6, 6.07) is 6.84. The van der Waals surface area contributed by atoms with Crippen molar-refractivity contribution in [3.63, 3.8) is 0 Å². The van der Waals surface area contributed by atoms with Crippen LogP contribution in [0.5, 0.6) is 0 Å². The molecule has 0 saturated heterocycles. The van der Waals surface area contributed by atoms with Crippen LogP contribution in [-0.4, -0.2) is 0 Å². The standard InChI is InChI=1S/C13H19N.ClH/c1-9-3-6-12(7-10(9)2)13(14)8-11-4-5-11;/h3,6-7,11,13H,4-5,8,14H2,1-2H3;1H/t13-;/m1./s1. The fraction of sp³-hybridized carbons (Fsp3) is 0.538. The molecule has 84 valence electrons. The fourth-order valence-corrected chi connectivity index (χ4v) is 1.84. The van der Waals surface area contributed by atoms with Crippen molar-refractivity contribution < 1.29 is 0 Å². The van der Waals surface area contributed by atoms with E-state index in [4.69, 9.17) is 5.73 Å². The van der Waals surface area contributed by atoms with E-state index in [0.29, 0.717) is 0 Å². The number of rotatable bonds is 3. The van der Waals surface area contributed by atoms with E-state index in [1.54, 1.807) is 0 Å². The second-order valence-corrected chi connectivity index (χ2v) is 4.63. The molecule has 0 spiro atoms. The molecular formula is C13H20ClN. The monoisotopic (exact) mass is 225 g/mol. The van der Waals surface area contributed by atoms with Gasteiger partial charge < -0.3 is 5.73 Å². The zero-order valence-corrected chi connectivity index (χ0v) is 10.3. The first-order chi connectivity index (χ1) is 6.66. The lowest BCUT2D eigenvalue weighted by Gasteiger charge is -2.13. The summed E-state index contributed by atoms with van der Waals surface area (Å²) in [7, 11) is 0. The minimum Gasteiger partial charge on any atom is -0.324 e. The van der Waals surface area contributed by atoms with Gasteiger partial charge in [0.1, 0.15) is 0 Å². The van der Waals surface area contributed by atoms with Crippen molar-refractivity contribution in [2.45, 2.75) is 39.2 Å². The maximum atomic E-state index is 6.15. The number of hydrogen-bond donors (Lipinski definition) is 1. The largest absolute Gasteiger partial charge is 0.324 e. The van der Waals surface area contributed by atoms with Crippen LogP contribution >= 0.6 is 12.4 Å². The van der Waals surface area contributed by atoms with Gasteiger partial charge in [-0.05, 0) is 42.9 Å². The molecule has 1 aromatic rings. The van der Waals surface area contributed by atoms with Crippen molar-refractivity contribution in [2.75, 3.05) is 0 Å². The van der Waals surface area contributed by atoms with Gasteiger partial charge in [-0.25, -0.2) is 0 Å². The number of hydrogen-bond acceptors (Lipinski definition) is 1. The van der Waals surface area contributed by atoms with E-state index in [1.165, 1.54) is 36.0 Å². The van der Waals surface area contributed by atoms with Crippen LogP contribution in [0.25, 0.3) is 0 Å². The van der Waals surface area contributed by atoms with Gasteiger partial charge in [-0.1, -0.05) is 31.0 Å². The van der Waals surface area contributed by atoms with Crippen molar-refractivity contribution in [3.05, 3.63) is 34.9 Å². The Balaban J connectivity index is 0.00000112. The summed E-state index contributed by atoms with van der Waals surface area (Å²) in [6.07, 6.45) is 3.94. The summed E-state index contributed by atoms with van der Waals surface area (Å²) in [5.41, 5.74) is 10.2. The van der Waals surface area contributed by atoms with Gasteiger partial charge in [-0.2, -0.15) is 0 Å². The summed E-state index contributed by atoms with van der Waals surface area (Å²) in [5, 5.41) is 0. The zero-order valence-electron chi connectivity index (χ0n) is 9.49. The molecule has 0 radical (unpaired) electrons. The molecule has 1 fully saturated rings. The van der Waals surface area contributed by atoms with Gasteiger partial charge in [0.25, 0.3) is 0 Å². The topological polar surface area (TPSA) is 26.0 Å². The van der Waals surface area contributed by atoms with Gasteiger partial charge in [0.05, 0.1) is 0 Å². The maximum absolute atomic E-state index is 6.15. The lowest BCUT2D eigenvalue weighted by Crippen LogP contribution is -2.11. The molecule has 1 nitrogen and oxygen atoms in total. The van der Waals surface area contributed by atoms with Crippen molar-refractivity contribution >= 4 is 12.4 Å². The highest BCUT2D eigenvalue weighted by Gasteiger charge is 2.24. The quantitative estimate of drug-likeness (QED) is 0.837. The van der Waals surface area contributed by atoms with Crippen molar-refractivity contribution in [3.8, 4) is 0 Å². The molecule has 2 rings (SSSR count). The summed E-state index contributed by atoms with van der Waals surface area (Å²) < 4.78 is 0. The highest BCUT2D eigenvalue weighted by molar-refractivity contribution is 5.85. The van der Waals surface area contributed by atoms with E-state index in [2.05, 4.69) is 32.0 Å². The molecule has 0 aliphatic heterocycles. The first kappa shape index (κ1) is 12.5. The van der Waals surface area contributed by atoms with Crippen LogP contribution in [0.3, 0.4) is 0 Å². The Morgan fingerprint density at radius 3 is 2.47 bits per heavy atom. The maximum Gasteiger partial charge on any atom is 0.0297 e. The van der Waals surface area contributed by atoms with Crippen molar-refractivity contribution in [2.24, 2.45) is 11.7 Å². The number of benzene rings is 1. The van der Waals surface area contributed by atoms with Gasteiger partial charge in [-0.3, -0.25) is 0 Å². The Labute approximate surface area is 98.5 Å². The molecular weight excluding hydrogens is 206 g/mol. The van der Waals surface area contributed by atoms with Gasteiger partial charge >= 0.3 is 0 Å².